The minimum absolute atomic E-state index is 0.0700. The lowest BCUT2D eigenvalue weighted by molar-refractivity contribution is -0.128. The van der Waals surface area contributed by atoms with Gasteiger partial charge >= 0.3 is 0 Å². The summed E-state index contributed by atoms with van der Waals surface area (Å²) in [4.78, 5) is 12.5. The maximum absolute atomic E-state index is 12.5. The number of carbonyl (C=O) groups is 1. The number of nitrogens with one attached hydrogen (secondary N) is 1. The third kappa shape index (κ3) is 5.82. The van der Waals surface area contributed by atoms with Crippen LogP contribution in [0.4, 0.5) is 0 Å². The van der Waals surface area contributed by atoms with Crippen molar-refractivity contribution in [2.24, 2.45) is 23.0 Å². The van der Waals surface area contributed by atoms with E-state index in [1.807, 2.05) is 0 Å². The SMILES string of the molecule is CC(C(=O)NC(C)(C)CC(C)(C)C)C1CCCC(N)C1. The maximum Gasteiger partial charge on any atom is 0.223 e. The highest BCUT2D eigenvalue weighted by Crippen LogP contribution is 2.31. The molecule has 1 amide bonds. The van der Waals surface area contributed by atoms with E-state index in [0.717, 1.165) is 32.1 Å². The standard InChI is InChI=1S/C17H34N2O/c1-12(13-8-7-9-14(18)10-13)15(20)19-17(5,6)11-16(2,3)4/h12-14H,7-11,18H2,1-6H3,(H,19,20). The molecule has 3 nitrogen and oxygen atoms in total. The first-order chi connectivity index (χ1) is 9.00. The van der Waals surface area contributed by atoms with Crippen molar-refractivity contribution in [2.75, 3.05) is 0 Å². The van der Waals surface area contributed by atoms with Crippen LogP contribution in [-0.2, 0) is 4.79 Å². The Morgan fingerprint density at radius 2 is 1.85 bits per heavy atom. The van der Waals surface area contributed by atoms with Crippen molar-refractivity contribution >= 4 is 5.91 Å². The van der Waals surface area contributed by atoms with Crippen LogP contribution in [0.3, 0.4) is 0 Å². The van der Waals surface area contributed by atoms with Crippen molar-refractivity contribution < 1.29 is 4.79 Å². The molecular weight excluding hydrogens is 248 g/mol. The Hall–Kier alpha value is -0.570. The molecular formula is C17H34N2O. The smallest absolute Gasteiger partial charge is 0.223 e. The van der Waals surface area contributed by atoms with Crippen LogP contribution in [0, 0.1) is 17.3 Å². The van der Waals surface area contributed by atoms with Gasteiger partial charge in [-0.1, -0.05) is 34.1 Å². The molecule has 0 heterocycles. The van der Waals surface area contributed by atoms with Crippen molar-refractivity contribution in [1.29, 1.82) is 0 Å². The van der Waals surface area contributed by atoms with Gasteiger partial charge in [-0.3, -0.25) is 4.79 Å². The number of rotatable bonds is 4. The molecule has 0 aromatic heterocycles. The molecule has 0 radical (unpaired) electrons. The van der Waals surface area contributed by atoms with E-state index in [1.54, 1.807) is 0 Å². The summed E-state index contributed by atoms with van der Waals surface area (Å²) >= 11 is 0. The quantitative estimate of drug-likeness (QED) is 0.829. The second-order valence-electron chi connectivity index (χ2n) is 8.59. The molecule has 1 rings (SSSR count). The van der Waals surface area contributed by atoms with E-state index in [1.165, 1.54) is 0 Å². The van der Waals surface area contributed by atoms with E-state index < -0.39 is 0 Å². The van der Waals surface area contributed by atoms with Crippen molar-refractivity contribution in [3.05, 3.63) is 0 Å². The summed E-state index contributed by atoms with van der Waals surface area (Å²) < 4.78 is 0. The molecule has 1 saturated carbocycles. The summed E-state index contributed by atoms with van der Waals surface area (Å²) in [7, 11) is 0. The summed E-state index contributed by atoms with van der Waals surface area (Å²) in [6.07, 6.45) is 5.38. The highest BCUT2D eigenvalue weighted by atomic mass is 16.2. The summed E-state index contributed by atoms with van der Waals surface area (Å²) in [6, 6.07) is 0.284. The van der Waals surface area contributed by atoms with Gasteiger partial charge in [-0.2, -0.15) is 0 Å². The van der Waals surface area contributed by atoms with E-state index in [4.69, 9.17) is 5.73 Å². The Balaban J connectivity index is 2.56. The van der Waals surface area contributed by atoms with Crippen LogP contribution < -0.4 is 11.1 Å². The third-order valence-electron chi connectivity index (χ3n) is 4.31. The average Bonchev–Trinajstić information content (AvgIpc) is 2.23. The lowest BCUT2D eigenvalue weighted by Gasteiger charge is -2.36. The Morgan fingerprint density at radius 3 is 2.35 bits per heavy atom. The maximum atomic E-state index is 12.5. The van der Waals surface area contributed by atoms with Gasteiger partial charge in [0.15, 0.2) is 0 Å². The van der Waals surface area contributed by atoms with Gasteiger partial charge in [0.2, 0.25) is 5.91 Å². The lowest BCUT2D eigenvalue weighted by atomic mass is 9.77. The molecule has 1 fully saturated rings. The van der Waals surface area contributed by atoms with Gasteiger partial charge in [-0.25, -0.2) is 0 Å². The fourth-order valence-corrected chi connectivity index (χ4v) is 3.75. The molecule has 3 N–H and O–H groups in total. The zero-order valence-corrected chi connectivity index (χ0v) is 14.3. The zero-order chi connectivity index (χ0) is 15.6. The lowest BCUT2D eigenvalue weighted by Crippen LogP contribution is -2.49. The topological polar surface area (TPSA) is 55.1 Å². The number of nitrogens with two attached hydrogens (primary N) is 1. The Bertz CT molecular complexity index is 330. The zero-order valence-electron chi connectivity index (χ0n) is 14.3. The van der Waals surface area contributed by atoms with Crippen LogP contribution in [0.1, 0.15) is 73.6 Å². The minimum Gasteiger partial charge on any atom is -0.351 e. The first kappa shape index (κ1) is 17.5. The number of amides is 1. The molecule has 1 aliphatic rings. The first-order valence-electron chi connectivity index (χ1n) is 8.08. The molecule has 0 aromatic carbocycles. The molecule has 3 atom stereocenters. The molecule has 3 unspecified atom stereocenters. The van der Waals surface area contributed by atoms with E-state index in [-0.39, 0.29) is 28.8 Å². The van der Waals surface area contributed by atoms with Gasteiger partial charge in [-0.15, -0.1) is 0 Å². The summed E-state index contributed by atoms with van der Waals surface area (Å²) in [5.41, 5.74) is 6.10. The third-order valence-corrected chi connectivity index (χ3v) is 4.31. The van der Waals surface area contributed by atoms with Crippen molar-refractivity contribution in [3.8, 4) is 0 Å². The van der Waals surface area contributed by atoms with Gasteiger partial charge < -0.3 is 11.1 Å². The Morgan fingerprint density at radius 1 is 1.25 bits per heavy atom. The van der Waals surface area contributed by atoms with E-state index in [9.17, 15) is 4.79 Å². The van der Waals surface area contributed by atoms with Crippen molar-refractivity contribution in [3.63, 3.8) is 0 Å². The van der Waals surface area contributed by atoms with Crippen LogP contribution in [0.15, 0.2) is 0 Å². The Labute approximate surface area is 125 Å². The van der Waals surface area contributed by atoms with Crippen LogP contribution in [0.25, 0.3) is 0 Å². The highest BCUT2D eigenvalue weighted by molar-refractivity contribution is 5.79. The first-order valence-corrected chi connectivity index (χ1v) is 8.08. The molecule has 0 aromatic rings. The molecule has 118 valence electrons. The summed E-state index contributed by atoms with van der Waals surface area (Å²) in [6.45, 7) is 12.9. The second-order valence-corrected chi connectivity index (χ2v) is 8.59. The molecule has 20 heavy (non-hydrogen) atoms. The van der Waals surface area contributed by atoms with Gasteiger partial charge in [0.1, 0.15) is 0 Å². The molecule has 0 spiro atoms. The molecule has 0 bridgehead atoms. The van der Waals surface area contributed by atoms with Crippen molar-refractivity contribution in [2.45, 2.75) is 85.2 Å². The fourth-order valence-electron chi connectivity index (χ4n) is 3.75. The van der Waals surface area contributed by atoms with Gasteiger partial charge in [0, 0.05) is 17.5 Å². The minimum atomic E-state index is -0.152. The highest BCUT2D eigenvalue weighted by Gasteiger charge is 2.32. The largest absolute Gasteiger partial charge is 0.351 e. The predicted molar refractivity (Wildman–Crippen MR) is 85.4 cm³/mol. The number of hydrogen-bond donors (Lipinski definition) is 2. The van der Waals surface area contributed by atoms with Crippen LogP contribution >= 0.6 is 0 Å². The van der Waals surface area contributed by atoms with Crippen molar-refractivity contribution in [1.82, 2.24) is 5.32 Å². The van der Waals surface area contributed by atoms with Gasteiger partial charge in [0.05, 0.1) is 0 Å². The fraction of sp³-hybridized carbons (Fsp3) is 0.941. The molecule has 1 aliphatic carbocycles. The van der Waals surface area contributed by atoms with E-state index >= 15 is 0 Å². The number of carbonyl (C=O) groups excluding carboxylic acids is 1. The van der Waals surface area contributed by atoms with Crippen LogP contribution in [0.2, 0.25) is 0 Å². The monoisotopic (exact) mass is 282 g/mol. The summed E-state index contributed by atoms with van der Waals surface area (Å²) in [5, 5.41) is 3.24. The predicted octanol–water partition coefficient (Wildman–Crippen LogP) is 3.47. The Kier molecular flexibility index (Phi) is 5.65. The normalized spacial score (nSPS) is 26.1. The summed E-state index contributed by atoms with van der Waals surface area (Å²) in [5.74, 6) is 0.711. The molecule has 0 aliphatic heterocycles. The average molecular weight is 282 g/mol. The van der Waals surface area contributed by atoms with E-state index in [2.05, 4.69) is 46.9 Å². The van der Waals surface area contributed by atoms with Crippen LogP contribution in [-0.4, -0.2) is 17.5 Å². The second kappa shape index (κ2) is 6.46. The van der Waals surface area contributed by atoms with Gasteiger partial charge in [0.25, 0.3) is 0 Å². The molecule has 0 saturated heterocycles. The van der Waals surface area contributed by atoms with Gasteiger partial charge in [-0.05, 0) is 50.9 Å². The van der Waals surface area contributed by atoms with E-state index in [0.29, 0.717) is 5.92 Å². The number of hydrogen-bond acceptors (Lipinski definition) is 2. The molecule has 3 heteroatoms. The van der Waals surface area contributed by atoms with Crippen LogP contribution in [0.5, 0.6) is 0 Å².